The highest BCUT2D eigenvalue weighted by Crippen LogP contribution is 2.31. The summed E-state index contributed by atoms with van der Waals surface area (Å²) in [6.07, 6.45) is 3.64. The van der Waals surface area contributed by atoms with E-state index in [-0.39, 0.29) is 0 Å². The summed E-state index contributed by atoms with van der Waals surface area (Å²) in [5.74, 6) is 0. The quantitative estimate of drug-likeness (QED) is 0.719. The summed E-state index contributed by atoms with van der Waals surface area (Å²) in [6.45, 7) is 0. The van der Waals surface area contributed by atoms with Crippen LogP contribution in [-0.4, -0.2) is 9.97 Å². The molecule has 0 amide bonds. The minimum absolute atomic E-state index is 0.676. The molecule has 2 heterocycles. The Bertz CT molecular complexity index is 671. The average molecular weight is 288 g/mol. The van der Waals surface area contributed by atoms with Crippen LogP contribution in [0.4, 0.5) is 5.69 Å². The molecular formula is C13H10BrN3. The van der Waals surface area contributed by atoms with Crippen molar-refractivity contribution in [2.45, 2.75) is 0 Å². The topological polar surface area (TPSA) is 54.7 Å². The molecule has 0 saturated carbocycles. The van der Waals surface area contributed by atoms with Crippen molar-refractivity contribution < 1.29 is 0 Å². The van der Waals surface area contributed by atoms with Gasteiger partial charge in [0.05, 0.1) is 23.1 Å². The number of nitrogens with one attached hydrogen (secondary N) is 1. The van der Waals surface area contributed by atoms with Gasteiger partial charge in [0.15, 0.2) is 0 Å². The smallest absolute Gasteiger partial charge is 0.0725 e. The number of aromatic nitrogens is 2. The van der Waals surface area contributed by atoms with Gasteiger partial charge < -0.3 is 10.7 Å². The third-order valence-electron chi connectivity index (χ3n) is 2.73. The summed E-state index contributed by atoms with van der Waals surface area (Å²) in [5, 5.41) is 1.15. The van der Waals surface area contributed by atoms with Gasteiger partial charge in [0.2, 0.25) is 0 Å². The zero-order valence-corrected chi connectivity index (χ0v) is 10.5. The van der Waals surface area contributed by atoms with E-state index >= 15 is 0 Å². The number of nitrogen functional groups attached to an aromatic ring is 1. The molecule has 3 N–H and O–H groups in total. The molecule has 0 aliphatic heterocycles. The molecule has 4 heteroatoms. The number of nitrogens with two attached hydrogens (primary N) is 1. The highest BCUT2D eigenvalue weighted by Gasteiger charge is 2.08. The molecule has 17 heavy (non-hydrogen) atoms. The second-order valence-electron chi connectivity index (χ2n) is 3.84. The highest BCUT2D eigenvalue weighted by atomic mass is 79.9. The van der Waals surface area contributed by atoms with Crippen LogP contribution >= 0.6 is 15.9 Å². The molecular weight excluding hydrogens is 278 g/mol. The minimum atomic E-state index is 0.676. The maximum atomic E-state index is 5.64. The SMILES string of the molecule is Nc1ccc(-c2c[nH]c3c(Br)cccc23)nc1. The number of anilines is 1. The molecule has 0 spiro atoms. The lowest BCUT2D eigenvalue weighted by Crippen LogP contribution is -1.87. The van der Waals surface area contributed by atoms with Crippen LogP contribution in [0.1, 0.15) is 0 Å². The Balaban J connectivity index is 2.24. The molecule has 0 aliphatic rings. The summed E-state index contributed by atoms with van der Waals surface area (Å²) in [5.41, 5.74) is 9.40. The molecule has 3 rings (SSSR count). The molecule has 0 saturated heterocycles. The fraction of sp³-hybridized carbons (Fsp3) is 0. The van der Waals surface area contributed by atoms with Gasteiger partial charge in [-0.25, -0.2) is 0 Å². The van der Waals surface area contributed by atoms with Gasteiger partial charge in [0.25, 0.3) is 0 Å². The number of aromatic amines is 1. The summed E-state index contributed by atoms with van der Waals surface area (Å²) < 4.78 is 1.05. The van der Waals surface area contributed by atoms with Crippen LogP contribution in [0.2, 0.25) is 0 Å². The maximum absolute atomic E-state index is 5.64. The number of hydrogen-bond donors (Lipinski definition) is 2. The Morgan fingerprint density at radius 3 is 2.82 bits per heavy atom. The number of halogens is 1. The van der Waals surface area contributed by atoms with Crippen LogP contribution in [0.3, 0.4) is 0 Å². The highest BCUT2D eigenvalue weighted by molar-refractivity contribution is 9.10. The van der Waals surface area contributed by atoms with E-state index in [1.54, 1.807) is 6.20 Å². The van der Waals surface area contributed by atoms with E-state index in [4.69, 9.17) is 5.73 Å². The first-order valence-corrected chi connectivity index (χ1v) is 6.02. The zero-order chi connectivity index (χ0) is 11.8. The van der Waals surface area contributed by atoms with E-state index in [1.807, 2.05) is 30.5 Å². The van der Waals surface area contributed by atoms with Crippen molar-refractivity contribution in [3.05, 3.63) is 47.2 Å². The van der Waals surface area contributed by atoms with Crippen molar-refractivity contribution in [3.63, 3.8) is 0 Å². The van der Waals surface area contributed by atoms with Gasteiger partial charge in [0.1, 0.15) is 0 Å². The van der Waals surface area contributed by atoms with Gasteiger partial charge in [0, 0.05) is 21.6 Å². The van der Waals surface area contributed by atoms with Crippen molar-refractivity contribution in [3.8, 4) is 11.3 Å². The Hall–Kier alpha value is -1.81. The molecule has 0 bridgehead atoms. The first kappa shape index (κ1) is 10.4. The fourth-order valence-corrected chi connectivity index (χ4v) is 2.37. The van der Waals surface area contributed by atoms with Crippen molar-refractivity contribution in [2.75, 3.05) is 5.73 Å². The number of benzene rings is 1. The van der Waals surface area contributed by atoms with Crippen LogP contribution in [0.25, 0.3) is 22.2 Å². The fourth-order valence-electron chi connectivity index (χ4n) is 1.89. The lowest BCUT2D eigenvalue weighted by molar-refractivity contribution is 1.33. The molecule has 0 fully saturated rings. The number of para-hydroxylation sites is 1. The molecule has 0 radical (unpaired) electrons. The van der Waals surface area contributed by atoms with E-state index in [9.17, 15) is 0 Å². The van der Waals surface area contributed by atoms with Gasteiger partial charge in [-0.3, -0.25) is 4.98 Å². The lowest BCUT2D eigenvalue weighted by atomic mass is 10.1. The van der Waals surface area contributed by atoms with E-state index in [0.717, 1.165) is 26.6 Å². The first-order chi connectivity index (χ1) is 8.25. The Morgan fingerprint density at radius 1 is 1.18 bits per heavy atom. The number of nitrogens with zero attached hydrogens (tertiary/aromatic N) is 1. The normalized spacial score (nSPS) is 10.9. The molecule has 0 unspecified atom stereocenters. The van der Waals surface area contributed by atoms with Crippen molar-refractivity contribution in [2.24, 2.45) is 0 Å². The van der Waals surface area contributed by atoms with E-state index in [2.05, 4.69) is 32.0 Å². The van der Waals surface area contributed by atoms with Gasteiger partial charge in [-0.05, 0) is 34.1 Å². The zero-order valence-electron chi connectivity index (χ0n) is 8.94. The molecule has 3 nitrogen and oxygen atoms in total. The van der Waals surface area contributed by atoms with E-state index in [1.165, 1.54) is 0 Å². The molecule has 2 aromatic heterocycles. The minimum Gasteiger partial charge on any atom is -0.397 e. The number of pyridine rings is 1. The average Bonchev–Trinajstić information content (AvgIpc) is 2.75. The number of hydrogen-bond acceptors (Lipinski definition) is 2. The third kappa shape index (κ3) is 1.70. The van der Waals surface area contributed by atoms with E-state index < -0.39 is 0 Å². The summed E-state index contributed by atoms with van der Waals surface area (Å²) in [4.78, 5) is 7.59. The summed E-state index contributed by atoms with van der Waals surface area (Å²) in [6, 6.07) is 9.89. The Kier molecular flexibility index (Phi) is 2.37. The summed E-state index contributed by atoms with van der Waals surface area (Å²) >= 11 is 3.52. The third-order valence-corrected chi connectivity index (χ3v) is 3.39. The number of H-pyrrole nitrogens is 1. The van der Waals surface area contributed by atoms with Crippen LogP contribution in [-0.2, 0) is 0 Å². The van der Waals surface area contributed by atoms with Crippen LogP contribution in [0, 0.1) is 0 Å². The van der Waals surface area contributed by atoms with E-state index in [0.29, 0.717) is 5.69 Å². The maximum Gasteiger partial charge on any atom is 0.0725 e. The predicted molar refractivity (Wildman–Crippen MR) is 73.6 cm³/mol. The van der Waals surface area contributed by atoms with Crippen molar-refractivity contribution >= 4 is 32.5 Å². The van der Waals surface area contributed by atoms with Gasteiger partial charge in [-0.1, -0.05) is 12.1 Å². The standard InChI is InChI=1S/C13H10BrN3/c14-11-3-1-2-9-10(7-17-13(9)11)12-5-4-8(15)6-16-12/h1-7,17H,15H2. The molecule has 0 aliphatic carbocycles. The predicted octanol–water partition coefficient (Wildman–Crippen LogP) is 3.57. The van der Waals surface area contributed by atoms with Crippen molar-refractivity contribution in [1.29, 1.82) is 0 Å². The van der Waals surface area contributed by atoms with Crippen LogP contribution < -0.4 is 5.73 Å². The Morgan fingerprint density at radius 2 is 2.06 bits per heavy atom. The summed E-state index contributed by atoms with van der Waals surface area (Å²) in [7, 11) is 0. The molecule has 1 aromatic carbocycles. The van der Waals surface area contributed by atoms with Crippen LogP contribution in [0.5, 0.6) is 0 Å². The van der Waals surface area contributed by atoms with Gasteiger partial charge >= 0.3 is 0 Å². The molecule has 84 valence electrons. The number of fused-ring (bicyclic) bond motifs is 1. The van der Waals surface area contributed by atoms with Gasteiger partial charge in [-0.2, -0.15) is 0 Å². The largest absolute Gasteiger partial charge is 0.397 e. The second kappa shape index (κ2) is 3.89. The monoisotopic (exact) mass is 287 g/mol. The molecule has 3 aromatic rings. The van der Waals surface area contributed by atoms with Crippen LogP contribution in [0.15, 0.2) is 47.2 Å². The van der Waals surface area contributed by atoms with Crippen molar-refractivity contribution in [1.82, 2.24) is 9.97 Å². The van der Waals surface area contributed by atoms with Gasteiger partial charge in [-0.15, -0.1) is 0 Å². The first-order valence-electron chi connectivity index (χ1n) is 5.23. The lowest BCUT2D eigenvalue weighted by Gasteiger charge is -1.99. The number of rotatable bonds is 1. The molecule has 0 atom stereocenters. The Labute approximate surface area is 107 Å². The second-order valence-corrected chi connectivity index (χ2v) is 4.70.